The van der Waals surface area contributed by atoms with E-state index in [-0.39, 0.29) is 22.8 Å². The Bertz CT molecular complexity index is 670. The fourth-order valence-electron chi connectivity index (χ4n) is 3.12. The zero-order chi connectivity index (χ0) is 14.5. The monoisotopic (exact) mass is 310 g/mol. The third-order valence-corrected chi connectivity index (χ3v) is 7.16. The Hall–Kier alpha value is -1.01. The van der Waals surface area contributed by atoms with Gasteiger partial charge in [-0.05, 0) is 24.5 Å². The first-order chi connectivity index (χ1) is 9.43. The maximum atomic E-state index is 11.9. The van der Waals surface area contributed by atoms with Crippen molar-refractivity contribution in [2.24, 2.45) is 0 Å². The number of hydrogen-bond acceptors (Lipinski definition) is 4. The first-order valence-corrected chi connectivity index (χ1v) is 9.46. The number of sulfone groups is 1. The molecule has 0 amide bonds. The smallest absolute Gasteiger partial charge is 0.161 e. The van der Waals surface area contributed by atoms with Crippen LogP contribution >= 0.6 is 11.8 Å². The summed E-state index contributed by atoms with van der Waals surface area (Å²) >= 11 is 1.40. The van der Waals surface area contributed by atoms with Gasteiger partial charge in [-0.2, -0.15) is 0 Å². The number of aryl methyl sites for hydroxylation is 2. The van der Waals surface area contributed by atoms with E-state index in [1.807, 2.05) is 24.0 Å². The Labute approximate surface area is 124 Å². The first-order valence-electron chi connectivity index (χ1n) is 6.76. The Morgan fingerprint density at radius 1 is 1.40 bits per heavy atom. The fraction of sp³-hybridized carbons (Fsp3) is 0.500. The van der Waals surface area contributed by atoms with Crippen LogP contribution in [0.3, 0.4) is 0 Å². The van der Waals surface area contributed by atoms with Gasteiger partial charge in [-0.3, -0.25) is 5.41 Å². The summed E-state index contributed by atoms with van der Waals surface area (Å²) in [4.78, 5) is 1.95. The van der Waals surface area contributed by atoms with E-state index in [1.54, 1.807) is 0 Å². The van der Waals surface area contributed by atoms with Crippen LogP contribution in [0, 0.1) is 12.3 Å². The van der Waals surface area contributed by atoms with Crippen molar-refractivity contribution in [3.05, 3.63) is 29.3 Å². The second-order valence-corrected chi connectivity index (χ2v) is 8.79. The highest BCUT2D eigenvalue weighted by molar-refractivity contribution is 8.15. The Morgan fingerprint density at radius 2 is 2.15 bits per heavy atom. The molecular formula is C14H18N2O2S2. The molecule has 0 unspecified atom stereocenters. The molecule has 2 heterocycles. The minimum Gasteiger partial charge on any atom is -0.316 e. The number of nitrogens with zero attached hydrogens (tertiary/aromatic N) is 1. The van der Waals surface area contributed by atoms with Crippen LogP contribution in [0.25, 0.3) is 0 Å². The van der Waals surface area contributed by atoms with Gasteiger partial charge in [-0.15, -0.1) is 0 Å². The second kappa shape index (κ2) is 4.77. The molecule has 108 valence electrons. The molecule has 0 saturated carbocycles. The summed E-state index contributed by atoms with van der Waals surface area (Å²) in [6, 6.07) is 6.04. The number of anilines is 1. The van der Waals surface area contributed by atoms with E-state index in [9.17, 15) is 8.42 Å². The van der Waals surface area contributed by atoms with Crippen molar-refractivity contribution >= 4 is 32.5 Å². The van der Waals surface area contributed by atoms with Gasteiger partial charge in [0.15, 0.2) is 15.0 Å². The van der Waals surface area contributed by atoms with Gasteiger partial charge in [0, 0.05) is 10.9 Å². The van der Waals surface area contributed by atoms with Crippen molar-refractivity contribution in [1.29, 1.82) is 5.41 Å². The van der Waals surface area contributed by atoms with Crippen LogP contribution in [-0.4, -0.2) is 36.4 Å². The Morgan fingerprint density at radius 3 is 2.85 bits per heavy atom. The van der Waals surface area contributed by atoms with Gasteiger partial charge in [-0.1, -0.05) is 36.9 Å². The van der Waals surface area contributed by atoms with Gasteiger partial charge in [0.1, 0.15) is 0 Å². The maximum Gasteiger partial charge on any atom is 0.161 e. The molecule has 2 atom stereocenters. The van der Waals surface area contributed by atoms with Crippen molar-refractivity contribution in [3.63, 3.8) is 0 Å². The van der Waals surface area contributed by atoms with Crippen LogP contribution in [0.1, 0.15) is 18.1 Å². The average Bonchev–Trinajstić information content (AvgIpc) is 2.80. The minimum absolute atomic E-state index is 0.0109. The van der Waals surface area contributed by atoms with Gasteiger partial charge >= 0.3 is 0 Å². The molecule has 2 aliphatic rings. The molecule has 1 aromatic rings. The molecule has 1 N–H and O–H groups in total. The SMILES string of the molecule is CCc1cccc(C)c1N1C(=N)S[C@@H]2CS(=O)(=O)C[C@H]21. The number of fused-ring (bicyclic) bond motifs is 1. The summed E-state index contributed by atoms with van der Waals surface area (Å²) in [6.45, 7) is 4.12. The molecule has 3 rings (SSSR count). The van der Waals surface area contributed by atoms with E-state index in [4.69, 9.17) is 5.41 Å². The summed E-state index contributed by atoms with van der Waals surface area (Å²) in [7, 11) is -2.96. The Balaban J connectivity index is 2.08. The van der Waals surface area contributed by atoms with Crippen LogP contribution in [0.15, 0.2) is 18.2 Å². The van der Waals surface area contributed by atoms with Crippen LogP contribution in [0.4, 0.5) is 5.69 Å². The molecule has 2 saturated heterocycles. The van der Waals surface area contributed by atoms with Gasteiger partial charge in [0.25, 0.3) is 0 Å². The standard InChI is InChI=1S/C14H18N2O2S2/c1-3-10-6-4-5-9(2)13(10)16-11-7-20(17,18)8-12(11)19-14(16)15/h4-6,11-12,15H,3,7-8H2,1-2H3/t11-,12-/m1/s1. The first kappa shape index (κ1) is 13.9. The third-order valence-electron chi connectivity index (χ3n) is 4.03. The molecule has 1 aromatic carbocycles. The predicted molar refractivity (Wildman–Crippen MR) is 84.6 cm³/mol. The lowest BCUT2D eigenvalue weighted by molar-refractivity contribution is 0.601. The minimum atomic E-state index is -2.96. The molecule has 0 bridgehead atoms. The molecule has 0 radical (unpaired) electrons. The van der Waals surface area contributed by atoms with E-state index in [1.165, 1.54) is 17.3 Å². The van der Waals surface area contributed by atoms with Gasteiger partial charge in [0.2, 0.25) is 0 Å². The highest BCUT2D eigenvalue weighted by atomic mass is 32.2. The van der Waals surface area contributed by atoms with Crippen molar-refractivity contribution in [1.82, 2.24) is 0 Å². The van der Waals surface area contributed by atoms with Crippen molar-refractivity contribution < 1.29 is 8.42 Å². The van der Waals surface area contributed by atoms with Crippen molar-refractivity contribution in [2.45, 2.75) is 31.6 Å². The van der Waals surface area contributed by atoms with Gasteiger partial charge in [-0.25, -0.2) is 8.42 Å². The number of benzene rings is 1. The number of amidine groups is 1. The van der Waals surface area contributed by atoms with Crippen LogP contribution in [0.2, 0.25) is 0 Å². The average molecular weight is 310 g/mol. The lowest BCUT2D eigenvalue weighted by Crippen LogP contribution is -2.38. The fourth-order valence-corrected chi connectivity index (χ4v) is 6.90. The number of hydrogen-bond donors (Lipinski definition) is 1. The second-order valence-electron chi connectivity index (χ2n) is 5.41. The Kier molecular flexibility index (Phi) is 3.33. The van der Waals surface area contributed by atoms with Crippen LogP contribution in [0.5, 0.6) is 0 Å². The summed E-state index contributed by atoms with van der Waals surface area (Å²) in [5, 5.41) is 8.73. The normalized spacial score (nSPS) is 27.9. The zero-order valence-corrected chi connectivity index (χ0v) is 13.2. The summed E-state index contributed by atoms with van der Waals surface area (Å²) in [5.74, 6) is 0.374. The van der Waals surface area contributed by atoms with Gasteiger partial charge < -0.3 is 4.90 Å². The highest BCUT2D eigenvalue weighted by Crippen LogP contribution is 2.42. The lowest BCUT2D eigenvalue weighted by atomic mass is 10.0. The third kappa shape index (κ3) is 2.15. The molecule has 20 heavy (non-hydrogen) atoms. The number of nitrogens with one attached hydrogen (secondary N) is 1. The van der Waals surface area contributed by atoms with E-state index in [2.05, 4.69) is 13.0 Å². The lowest BCUT2D eigenvalue weighted by Gasteiger charge is -2.28. The van der Waals surface area contributed by atoms with Crippen molar-refractivity contribution in [2.75, 3.05) is 16.4 Å². The number of para-hydroxylation sites is 1. The van der Waals surface area contributed by atoms with E-state index in [0.717, 1.165) is 17.7 Å². The summed E-state index contributed by atoms with van der Waals surface area (Å²) < 4.78 is 23.7. The topological polar surface area (TPSA) is 61.2 Å². The molecule has 0 aliphatic carbocycles. The van der Waals surface area contributed by atoms with E-state index >= 15 is 0 Å². The van der Waals surface area contributed by atoms with Crippen LogP contribution < -0.4 is 4.90 Å². The number of thioether (sulfide) groups is 1. The molecule has 4 nitrogen and oxygen atoms in total. The largest absolute Gasteiger partial charge is 0.316 e. The molecule has 0 spiro atoms. The van der Waals surface area contributed by atoms with E-state index in [0.29, 0.717) is 5.17 Å². The molecule has 2 aliphatic heterocycles. The van der Waals surface area contributed by atoms with Gasteiger partial charge in [0.05, 0.1) is 17.5 Å². The zero-order valence-electron chi connectivity index (χ0n) is 11.6. The highest BCUT2D eigenvalue weighted by Gasteiger charge is 2.49. The predicted octanol–water partition coefficient (Wildman–Crippen LogP) is 2.21. The maximum absolute atomic E-state index is 11.9. The quantitative estimate of drug-likeness (QED) is 0.910. The molecule has 0 aromatic heterocycles. The van der Waals surface area contributed by atoms with Crippen molar-refractivity contribution in [3.8, 4) is 0 Å². The molecular weight excluding hydrogens is 292 g/mol. The number of rotatable bonds is 2. The molecule has 2 fully saturated rings. The molecule has 6 heteroatoms. The summed E-state index contributed by atoms with van der Waals surface area (Å²) in [6.07, 6.45) is 0.885. The van der Waals surface area contributed by atoms with Crippen LogP contribution in [-0.2, 0) is 16.3 Å². The summed E-state index contributed by atoms with van der Waals surface area (Å²) in [5.41, 5.74) is 3.33. The van der Waals surface area contributed by atoms with E-state index < -0.39 is 9.84 Å².